The lowest BCUT2D eigenvalue weighted by Gasteiger charge is -2.12. The molecule has 0 bridgehead atoms. The van der Waals surface area contributed by atoms with Crippen LogP contribution in [0, 0.1) is 6.92 Å². The minimum atomic E-state index is 0.443. The van der Waals surface area contributed by atoms with Crippen LogP contribution >= 0.6 is 11.6 Å². The molecule has 3 nitrogen and oxygen atoms in total. The van der Waals surface area contributed by atoms with Crippen molar-refractivity contribution in [2.75, 3.05) is 0 Å². The number of ether oxygens (including phenoxy) is 1. The Kier molecular flexibility index (Phi) is 4.69. The first-order valence-corrected chi connectivity index (χ1v) is 9.07. The van der Waals surface area contributed by atoms with E-state index < -0.39 is 0 Å². The number of aryl methyl sites for hydroxylation is 1. The van der Waals surface area contributed by atoms with Gasteiger partial charge in [-0.3, -0.25) is 4.79 Å². The van der Waals surface area contributed by atoms with Crippen molar-refractivity contribution in [1.29, 1.82) is 0 Å². The summed E-state index contributed by atoms with van der Waals surface area (Å²) in [6, 6.07) is 21.5. The van der Waals surface area contributed by atoms with Crippen LogP contribution in [0.2, 0.25) is 5.02 Å². The summed E-state index contributed by atoms with van der Waals surface area (Å²) in [7, 11) is 0. The molecule has 2 aromatic carbocycles. The van der Waals surface area contributed by atoms with Crippen LogP contribution in [0.15, 0.2) is 72.9 Å². The third-order valence-electron chi connectivity index (χ3n) is 4.55. The van der Waals surface area contributed by atoms with Gasteiger partial charge in [0.1, 0.15) is 12.4 Å². The first-order valence-electron chi connectivity index (χ1n) is 8.69. The van der Waals surface area contributed by atoms with E-state index in [1.165, 1.54) is 0 Å². The number of benzene rings is 2. The summed E-state index contributed by atoms with van der Waals surface area (Å²) < 4.78 is 7.95. The lowest BCUT2D eigenvalue weighted by Crippen LogP contribution is -1.98. The highest BCUT2D eigenvalue weighted by Gasteiger charge is 2.16. The molecule has 134 valence electrons. The fourth-order valence-corrected chi connectivity index (χ4v) is 3.39. The second kappa shape index (κ2) is 7.29. The molecule has 0 atom stereocenters. The van der Waals surface area contributed by atoms with Crippen molar-refractivity contribution >= 4 is 23.4 Å². The van der Waals surface area contributed by atoms with Gasteiger partial charge in [-0.25, -0.2) is 0 Å². The zero-order chi connectivity index (χ0) is 18.8. The van der Waals surface area contributed by atoms with Crippen molar-refractivity contribution in [3.63, 3.8) is 0 Å². The summed E-state index contributed by atoms with van der Waals surface area (Å²) in [5.41, 5.74) is 5.36. The van der Waals surface area contributed by atoms with E-state index in [-0.39, 0.29) is 0 Å². The van der Waals surface area contributed by atoms with Crippen molar-refractivity contribution in [3.8, 4) is 16.9 Å². The molecular weight excluding hydrogens is 358 g/mol. The molecule has 0 saturated carbocycles. The zero-order valence-electron chi connectivity index (χ0n) is 14.9. The first kappa shape index (κ1) is 17.4. The molecule has 0 amide bonds. The van der Waals surface area contributed by atoms with Crippen LogP contribution in [0.4, 0.5) is 0 Å². The number of hydrogen-bond donors (Lipinski definition) is 0. The van der Waals surface area contributed by atoms with E-state index in [1.54, 1.807) is 6.07 Å². The quantitative estimate of drug-likeness (QED) is 0.403. The molecule has 4 heteroatoms. The van der Waals surface area contributed by atoms with Gasteiger partial charge in [0.15, 0.2) is 6.29 Å². The summed E-state index contributed by atoms with van der Waals surface area (Å²) in [5.74, 6) is 0.694. The number of rotatable bonds is 5. The number of pyridine rings is 1. The van der Waals surface area contributed by atoms with E-state index in [4.69, 9.17) is 16.3 Å². The Bertz CT molecular complexity index is 1120. The third kappa shape index (κ3) is 3.46. The number of hydrogen-bond acceptors (Lipinski definition) is 2. The highest BCUT2D eigenvalue weighted by Crippen LogP contribution is 2.36. The first-order chi connectivity index (χ1) is 13.2. The highest BCUT2D eigenvalue weighted by atomic mass is 35.5. The molecule has 4 rings (SSSR count). The molecule has 0 N–H and O–H groups in total. The molecule has 27 heavy (non-hydrogen) atoms. The van der Waals surface area contributed by atoms with Crippen molar-refractivity contribution in [3.05, 3.63) is 94.8 Å². The molecular formula is C23H18ClNO2. The summed E-state index contributed by atoms with van der Waals surface area (Å²) >= 11 is 6.25. The maximum Gasteiger partial charge on any atom is 0.167 e. The summed E-state index contributed by atoms with van der Waals surface area (Å²) in [6.07, 6.45) is 2.78. The molecule has 0 spiro atoms. The van der Waals surface area contributed by atoms with Gasteiger partial charge in [-0.2, -0.15) is 0 Å². The van der Waals surface area contributed by atoms with E-state index in [9.17, 15) is 4.79 Å². The monoisotopic (exact) mass is 375 g/mol. The van der Waals surface area contributed by atoms with Crippen LogP contribution in [-0.4, -0.2) is 10.7 Å². The van der Waals surface area contributed by atoms with Crippen molar-refractivity contribution < 1.29 is 9.53 Å². The average Bonchev–Trinajstić information content (AvgIpc) is 3.05. The third-order valence-corrected chi connectivity index (χ3v) is 4.78. The molecule has 0 aliphatic rings. The summed E-state index contributed by atoms with van der Waals surface area (Å²) in [6.45, 7) is 2.47. The SMILES string of the molecule is Cc1ccn2c(C=O)c(-c3cc(Cl)ccc3OCc3ccccc3)cc2c1. The molecule has 0 unspecified atom stereocenters. The Hall–Kier alpha value is -3.04. The van der Waals surface area contributed by atoms with Gasteiger partial charge in [0.2, 0.25) is 0 Å². The van der Waals surface area contributed by atoms with E-state index in [0.717, 1.165) is 34.1 Å². The lowest BCUT2D eigenvalue weighted by molar-refractivity contribution is 0.111. The van der Waals surface area contributed by atoms with E-state index in [0.29, 0.717) is 23.1 Å². The normalized spacial score (nSPS) is 10.9. The van der Waals surface area contributed by atoms with Gasteiger partial charge in [-0.1, -0.05) is 41.9 Å². The van der Waals surface area contributed by atoms with Crippen molar-refractivity contribution in [1.82, 2.24) is 4.40 Å². The molecule has 2 aromatic heterocycles. The highest BCUT2D eigenvalue weighted by molar-refractivity contribution is 6.31. The molecule has 4 aromatic rings. The zero-order valence-corrected chi connectivity index (χ0v) is 15.6. The minimum Gasteiger partial charge on any atom is -0.488 e. The Morgan fingerprint density at radius 1 is 1.00 bits per heavy atom. The van der Waals surface area contributed by atoms with Crippen LogP contribution in [0.3, 0.4) is 0 Å². The van der Waals surface area contributed by atoms with Gasteiger partial charge in [0, 0.05) is 27.9 Å². The number of fused-ring (bicyclic) bond motifs is 1. The number of carbonyl (C=O) groups is 1. The molecule has 2 heterocycles. The summed E-state index contributed by atoms with van der Waals surface area (Å²) in [5, 5.41) is 0.598. The van der Waals surface area contributed by atoms with Crippen LogP contribution < -0.4 is 4.74 Å². The Morgan fingerprint density at radius 3 is 2.59 bits per heavy atom. The van der Waals surface area contributed by atoms with E-state index in [1.807, 2.05) is 78.2 Å². The number of halogens is 1. The Balaban J connectivity index is 1.80. The predicted octanol–water partition coefficient (Wildman–Crippen LogP) is 5.96. The Labute approximate surface area is 162 Å². The second-order valence-electron chi connectivity index (χ2n) is 6.47. The topological polar surface area (TPSA) is 30.7 Å². The second-order valence-corrected chi connectivity index (χ2v) is 6.91. The van der Waals surface area contributed by atoms with Gasteiger partial charge >= 0.3 is 0 Å². The maximum atomic E-state index is 11.8. The van der Waals surface area contributed by atoms with Gasteiger partial charge in [0.05, 0.1) is 5.69 Å². The number of aldehydes is 1. The van der Waals surface area contributed by atoms with Crippen molar-refractivity contribution in [2.45, 2.75) is 13.5 Å². The standard InChI is InChI=1S/C23H18ClNO2/c1-16-9-10-25-19(11-16)13-20(22(25)14-26)21-12-18(24)7-8-23(21)27-15-17-5-3-2-4-6-17/h2-14H,15H2,1H3. The average molecular weight is 376 g/mol. The number of aromatic nitrogens is 1. The Morgan fingerprint density at radius 2 is 1.81 bits per heavy atom. The van der Waals surface area contributed by atoms with Gasteiger partial charge in [-0.15, -0.1) is 0 Å². The van der Waals surface area contributed by atoms with Crippen LogP contribution in [-0.2, 0) is 6.61 Å². The molecule has 0 aliphatic heterocycles. The molecule has 0 fully saturated rings. The van der Waals surface area contributed by atoms with Crippen LogP contribution in [0.25, 0.3) is 16.6 Å². The fraction of sp³-hybridized carbons (Fsp3) is 0.0870. The maximum absolute atomic E-state index is 11.8. The van der Waals surface area contributed by atoms with E-state index >= 15 is 0 Å². The van der Waals surface area contributed by atoms with Crippen LogP contribution in [0.5, 0.6) is 5.75 Å². The molecule has 0 radical (unpaired) electrons. The van der Waals surface area contributed by atoms with Crippen molar-refractivity contribution in [2.24, 2.45) is 0 Å². The van der Waals surface area contributed by atoms with Crippen LogP contribution in [0.1, 0.15) is 21.6 Å². The summed E-state index contributed by atoms with van der Waals surface area (Å²) in [4.78, 5) is 11.8. The molecule has 0 saturated heterocycles. The van der Waals surface area contributed by atoms with Gasteiger partial charge in [-0.05, 0) is 54.4 Å². The predicted molar refractivity (Wildman–Crippen MR) is 109 cm³/mol. The minimum absolute atomic E-state index is 0.443. The fourth-order valence-electron chi connectivity index (χ4n) is 3.22. The number of nitrogens with zero attached hydrogens (tertiary/aromatic N) is 1. The van der Waals surface area contributed by atoms with E-state index in [2.05, 4.69) is 0 Å². The lowest BCUT2D eigenvalue weighted by atomic mass is 10.0. The number of carbonyl (C=O) groups excluding carboxylic acids is 1. The van der Waals surface area contributed by atoms with Gasteiger partial charge < -0.3 is 9.14 Å². The van der Waals surface area contributed by atoms with Gasteiger partial charge in [0.25, 0.3) is 0 Å². The smallest absolute Gasteiger partial charge is 0.167 e. The largest absolute Gasteiger partial charge is 0.488 e. The molecule has 0 aliphatic carbocycles.